The largest absolute Gasteiger partial charge is 0.492 e. The molecule has 2 aromatic heterocycles. The molecule has 0 saturated heterocycles. The van der Waals surface area contributed by atoms with E-state index >= 15 is 0 Å². The highest BCUT2D eigenvalue weighted by Crippen LogP contribution is 2.34. The van der Waals surface area contributed by atoms with E-state index in [1.165, 1.54) is 0 Å². The Bertz CT molecular complexity index is 1040. The molecule has 0 aliphatic heterocycles. The van der Waals surface area contributed by atoms with Crippen LogP contribution in [-0.4, -0.2) is 29.9 Å². The molecule has 2 heterocycles. The molecular weight excluding hydrogens is 420 g/mol. The molecule has 0 N–H and O–H groups in total. The van der Waals surface area contributed by atoms with Crippen molar-refractivity contribution in [3.8, 4) is 5.75 Å². The maximum absolute atomic E-state index is 13.2. The van der Waals surface area contributed by atoms with E-state index in [-0.39, 0.29) is 5.56 Å². The maximum atomic E-state index is 13.2. The minimum Gasteiger partial charge on any atom is -0.492 e. The van der Waals surface area contributed by atoms with Crippen LogP contribution in [0.1, 0.15) is 32.4 Å². The predicted octanol–water partition coefficient (Wildman–Crippen LogP) is 5.08. The fourth-order valence-electron chi connectivity index (χ4n) is 3.48. The maximum Gasteiger partial charge on any atom is 0.260 e. The Labute approximate surface area is 173 Å². The lowest BCUT2D eigenvalue weighted by atomic mass is 10.1. The first-order valence-corrected chi connectivity index (χ1v) is 10.5. The van der Waals surface area contributed by atoms with Crippen LogP contribution in [0.15, 0.2) is 33.7 Å². The van der Waals surface area contributed by atoms with Gasteiger partial charge in [-0.05, 0) is 59.1 Å². The molecule has 3 aromatic rings. The Hall–Kier alpha value is -1.92. The van der Waals surface area contributed by atoms with Crippen molar-refractivity contribution in [3.05, 3.63) is 44.9 Å². The summed E-state index contributed by atoms with van der Waals surface area (Å²) in [5, 5.41) is 2.56. The highest BCUT2D eigenvalue weighted by molar-refractivity contribution is 9.10. The van der Waals surface area contributed by atoms with Crippen LogP contribution in [0, 0.1) is 12.8 Å². The van der Waals surface area contributed by atoms with Gasteiger partial charge in [0, 0.05) is 31.3 Å². The smallest absolute Gasteiger partial charge is 0.260 e. The van der Waals surface area contributed by atoms with E-state index in [2.05, 4.69) is 34.8 Å². The first-order chi connectivity index (χ1) is 13.4. The Morgan fingerprint density at radius 3 is 2.71 bits per heavy atom. The Kier molecular flexibility index (Phi) is 6.73. The zero-order valence-corrected chi connectivity index (χ0v) is 18.5. The number of pyridine rings is 2. The van der Waals surface area contributed by atoms with Gasteiger partial charge in [-0.25, -0.2) is 0 Å². The van der Waals surface area contributed by atoms with E-state index in [1.54, 1.807) is 17.9 Å². The molecule has 28 heavy (non-hydrogen) atoms. The topological polar surface area (TPSA) is 53.4 Å². The summed E-state index contributed by atoms with van der Waals surface area (Å²) in [5.41, 5.74) is 1.54. The van der Waals surface area contributed by atoms with Gasteiger partial charge in [-0.15, -0.1) is 0 Å². The SMILES string of the molecule is COCCn1c(=O)c2c(C)nccc2c2cc(Br)c(OCCCC(C)C)cc21. The Morgan fingerprint density at radius 2 is 2.00 bits per heavy atom. The quantitative estimate of drug-likeness (QED) is 0.357. The number of fused-ring (bicyclic) bond motifs is 3. The molecule has 0 bridgehead atoms. The number of halogens is 1. The van der Waals surface area contributed by atoms with Crippen molar-refractivity contribution in [3.63, 3.8) is 0 Å². The van der Waals surface area contributed by atoms with Crippen molar-refractivity contribution in [2.24, 2.45) is 5.92 Å². The molecule has 5 nitrogen and oxygen atoms in total. The zero-order chi connectivity index (χ0) is 20.3. The Morgan fingerprint density at radius 1 is 1.21 bits per heavy atom. The molecule has 0 fully saturated rings. The average Bonchev–Trinajstić information content (AvgIpc) is 2.65. The second-order valence-electron chi connectivity index (χ2n) is 7.45. The van der Waals surface area contributed by atoms with E-state index < -0.39 is 0 Å². The van der Waals surface area contributed by atoms with Gasteiger partial charge in [-0.2, -0.15) is 0 Å². The molecule has 0 aliphatic carbocycles. The molecule has 0 radical (unpaired) electrons. The van der Waals surface area contributed by atoms with Crippen molar-refractivity contribution in [2.75, 3.05) is 20.3 Å². The Balaban J connectivity index is 2.15. The second-order valence-corrected chi connectivity index (χ2v) is 8.31. The van der Waals surface area contributed by atoms with Crippen molar-refractivity contribution in [2.45, 2.75) is 40.2 Å². The van der Waals surface area contributed by atoms with Gasteiger partial charge >= 0.3 is 0 Å². The molecule has 1 aromatic carbocycles. The van der Waals surface area contributed by atoms with E-state index in [1.807, 2.05) is 25.1 Å². The van der Waals surface area contributed by atoms with Crippen molar-refractivity contribution >= 4 is 37.6 Å². The van der Waals surface area contributed by atoms with E-state index in [0.717, 1.165) is 45.0 Å². The van der Waals surface area contributed by atoms with Gasteiger partial charge in [0.05, 0.1) is 34.3 Å². The van der Waals surface area contributed by atoms with Gasteiger partial charge in [0.25, 0.3) is 5.56 Å². The third kappa shape index (κ3) is 4.23. The number of aromatic nitrogens is 2. The molecular formula is C22H27BrN2O3. The standard InChI is InChI=1S/C22H27BrN2O3/c1-14(2)6-5-10-28-20-13-19-17(12-18(20)23)16-7-8-24-15(3)21(16)22(26)25(19)9-11-27-4/h7-8,12-14H,5-6,9-11H2,1-4H3. The monoisotopic (exact) mass is 446 g/mol. The summed E-state index contributed by atoms with van der Waals surface area (Å²) >= 11 is 3.65. The summed E-state index contributed by atoms with van der Waals surface area (Å²) in [7, 11) is 1.64. The van der Waals surface area contributed by atoms with Crippen LogP contribution in [0.25, 0.3) is 21.7 Å². The number of ether oxygens (including phenoxy) is 2. The summed E-state index contributed by atoms with van der Waals surface area (Å²) in [4.78, 5) is 17.5. The lowest BCUT2D eigenvalue weighted by Gasteiger charge is -2.16. The van der Waals surface area contributed by atoms with Crippen molar-refractivity contribution in [1.29, 1.82) is 0 Å². The summed E-state index contributed by atoms with van der Waals surface area (Å²) in [6.07, 6.45) is 3.88. The van der Waals surface area contributed by atoms with Gasteiger partial charge in [0.2, 0.25) is 0 Å². The number of nitrogens with zero attached hydrogens (tertiary/aromatic N) is 2. The molecule has 0 aliphatic rings. The highest BCUT2D eigenvalue weighted by Gasteiger charge is 2.16. The molecule has 0 spiro atoms. The fraction of sp³-hybridized carbons (Fsp3) is 0.455. The molecule has 0 unspecified atom stereocenters. The van der Waals surface area contributed by atoms with Crippen LogP contribution >= 0.6 is 15.9 Å². The highest BCUT2D eigenvalue weighted by atomic mass is 79.9. The number of aryl methyl sites for hydroxylation is 1. The minimum atomic E-state index is -0.0433. The molecule has 0 saturated carbocycles. The fourth-order valence-corrected chi connectivity index (χ4v) is 3.93. The number of hydrogen-bond donors (Lipinski definition) is 0. The molecule has 3 rings (SSSR count). The summed E-state index contributed by atoms with van der Waals surface area (Å²) in [6.45, 7) is 7.88. The zero-order valence-electron chi connectivity index (χ0n) is 16.9. The number of methoxy groups -OCH3 is 1. The summed E-state index contributed by atoms with van der Waals surface area (Å²) in [6, 6.07) is 5.90. The van der Waals surface area contributed by atoms with Crippen LogP contribution in [0.5, 0.6) is 5.75 Å². The predicted molar refractivity (Wildman–Crippen MR) is 117 cm³/mol. The molecule has 6 heteroatoms. The van der Waals surface area contributed by atoms with Crippen LogP contribution in [-0.2, 0) is 11.3 Å². The summed E-state index contributed by atoms with van der Waals surface area (Å²) in [5.74, 6) is 1.41. The van der Waals surface area contributed by atoms with E-state index in [0.29, 0.717) is 31.1 Å². The molecule has 0 atom stereocenters. The minimum absolute atomic E-state index is 0.0433. The second kappa shape index (κ2) is 9.05. The first kappa shape index (κ1) is 20.8. The van der Waals surface area contributed by atoms with Gasteiger partial charge in [-0.1, -0.05) is 13.8 Å². The number of benzene rings is 1. The summed E-state index contributed by atoms with van der Waals surface area (Å²) < 4.78 is 13.9. The number of hydrogen-bond acceptors (Lipinski definition) is 4. The third-order valence-corrected chi connectivity index (χ3v) is 5.55. The lowest BCUT2D eigenvalue weighted by Crippen LogP contribution is -2.24. The van der Waals surface area contributed by atoms with E-state index in [9.17, 15) is 4.79 Å². The number of rotatable bonds is 8. The lowest BCUT2D eigenvalue weighted by molar-refractivity contribution is 0.187. The van der Waals surface area contributed by atoms with E-state index in [4.69, 9.17) is 9.47 Å². The van der Waals surface area contributed by atoms with Gasteiger partial charge in [0.15, 0.2) is 0 Å². The van der Waals surface area contributed by atoms with Crippen molar-refractivity contribution < 1.29 is 9.47 Å². The van der Waals surface area contributed by atoms with Crippen LogP contribution in [0.4, 0.5) is 0 Å². The molecule has 0 amide bonds. The normalized spacial score (nSPS) is 11.6. The van der Waals surface area contributed by atoms with Crippen LogP contribution < -0.4 is 10.3 Å². The average molecular weight is 447 g/mol. The third-order valence-electron chi connectivity index (χ3n) is 4.93. The van der Waals surface area contributed by atoms with Crippen LogP contribution in [0.2, 0.25) is 0 Å². The van der Waals surface area contributed by atoms with Gasteiger partial charge in [0.1, 0.15) is 5.75 Å². The first-order valence-electron chi connectivity index (χ1n) is 9.67. The molecule has 150 valence electrons. The van der Waals surface area contributed by atoms with Gasteiger partial charge < -0.3 is 14.0 Å². The van der Waals surface area contributed by atoms with Crippen molar-refractivity contribution in [1.82, 2.24) is 9.55 Å². The van der Waals surface area contributed by atoms with Crippen LogP contribution in [0.3, 0.4) is 0 Å². The van der Waals surface area contributed by atoms with Gasteiger partial charge in [-0.3, -0.25) is 9.78 Å².